The number of hydrogen-bond donors (Lipinski definition) is 1. The van der Waals surface area contributed by atoms with Crippen LogP contribution in [0.2, 0.25) is 0 Å². The van der Waals surface area contributed by atoms with Gasteiger partial charge in [0.25, 0.3) is 5.79 Å². The molecule has 1 N–H and O–H groups in total. The maximum absolute atomic E-state index is 12.1. The average Bonchev–Trinajstić information content (AvgIpc) is 3.16. The minimum Gasteiger partial charge on any atom is -0.448 e. The Morgan fingerprint density at radius 3 is 2.80 bits per heavy atom. The van der Waals surface area contributed by atoms with E-state index in [1.54, 1.807) is 0 Å². The third kappa shape index (κ3) is 3.74. The molecule has 2 aliphatic rings. The van der Waals surface area contributed by atoms with Crippen molar-refractivity contribution in [2.75, 3.05) is 11.1 Å². The standard InChI is InChI=1S/C17H19N3O3S2/c1-11-19-20-16(25-11)24-10-15(21)18-12-5-6-13-14(9-12)23-17(22-13)7-3-2-4-8-17/h5-6,9H,2-4,7-8,10H2,1H3,(H,18,21). The zero-order valence-corrected chi connectivity index (χ0v) is 15.5. The number of thioether (sulfide) groups is 1. The van der Waals surface area contributed by atoms with E-state index in [9.17, 15) is 4.79 Å². The van der Waals surface area contributed by atoms with Gasteiger partial charge in [-0.15, -0.1) is 10.2 Å². The zero-order chi connectivity index (χ0) is 17.3. The SMILES string of the molecule is Cc1nnc(SCC(=O)Nc2ccc3c(c2)OC2(CCCCC2)O3)s1. The van der Waals surface area contributed by atoms with Crippen molar-refractivity contribution >= 4 is 34.7 Å². The number of amides is 1. The summed E-state index contributed by atoms with van der Waals surface area (Å²) in [4.78, 5) is 12.1. The van der Waals surface area contributed by atoms with E-state index in [0.29, 0.717) is 17.2 Å². The molecule has 0 radical (unpaired) electrons. The van der Waals surface area contributed by atoms with Crippen LogP contribution in [-0.2, 0) is 4.79 Å². The number of carbonyl (C=O) groups is 1. The Morgan fingerprint density at radius 2 is 2.04 bits per heavy atom. The van der Waals surface area contributed by atoms with Crippen molar-refractivity contribution in [2.45, 2.75) is 49.2 Å². The van der Waals surface area contributed by atoms with Gasteiger partial charge in [-0.2, -0.15) is 0 Å². The number of rotatable bonds is 4. The van der Waals surface area contributed by atoms with Gasteiger partial charge in [0, 0.05) is 24.6 Å². The summed E-state index contributed by atoms with van der Waals surface area (Å²) in [5, 5.41) is 11.7. The molecule has 6 nitrogen and oxygen atoms in total. The number of ether oxygens (including phenoxy) is 2. The minimum atomic E-state index is -0.491. The largest absolute Gasteiger partial charge is 0.448 e. The van der Waals surface area contributed by atoms with Crippen LogP contribution in [0.1, 0.15) is 37.1 Å². The second kappa shape index (κ2) is 6.84. The van der Waals surface area contributed by atoms with E-state index in [0.717, 1.165) is 40.8 Å². The lowest BCUT2D eigenvalue weighted by Crippen LogP contribution is -2.40. The Bertz CT molecular complexity index is 787. The lowest BCUT2D eigenvalue weighted by molar-refractivity contribution is -0.113. The summed E-state index contributed by atoms with van der Waals surface area (Å²) in [5.41, 5.74) is 0.717. The molecule has 1 fully saturated rings. The van der Waals surface area contributed by atoms with Gasteiger partial charge in [0.05, 0.1) is 5.75 Å². The molecule has 1 aromatic heterocycles. The van der Waals surface area contributed by atoms with Crippen molar-refractivity contribution in [3.05, 3.63) is 23.2 Å². The van der Waals surface area contributed by atoms with Crippen LogP contribution in [0.3, 0.4) is 0 Å². The Labute approximate surface area is 154 Å². The normalized spacial score (nSPS) is 17.6. The molecule has 25 heavy (non-hydrogen) atoms. The summed E-state index contributed by atoms with van der Waals surface area (Å²) in [6.45, 7) is 1.90. The van der Waals surface area contributed by atoms with E-state index < -0.39 is 5.79 Å². The van der Waals surface area contributed by atoms with Crippen LogP contribution in [-0.4, -0.2) is 27.6 Å². The topological polar surface area (TPSA) is 73.3 Å². The van der Waals surface area contributed by atoms with Gasteiger partial charge in [-0.05, 0) is 31.9 Å². The van der Waals surface area contributed by atoms with Gasteiger partial charge in [-0.1, -0.05) is 29.5 Å². The van der Waals surface area contributed by atoms with Gasteiger partial charge in [-0.3, -0.25) is 4.79 Å². The summed E-state index contributed by atoms with van der Waals surface area (Å²) in [5.74, 6) is 1.21. The molecule has 1 aromatic carbocycles. The number of carbonyl (C=O) groups excluding carboxylic acids is 1. The number of aromatic nitrogens is 2. The van der Waals surface area contributed by atoms with Crippen LogP contribution < -0.4 is 14.8 Å². The van der Waals surface area contributed by atoms with Crippen LogP contribution in [0.5, 0.6) is 11.5 Å². The Balaban J connectivity index is 1.36. The van der Waals surface area contributed by atoms with E-state index in [4.69, 9.17) is 9.47 Å². The molecule has 0 unspecified atom stereocenters. The first kappa shape index (κ1) is 16.7. The number of hydrogen-bond acceptors (Lipinski definition) is 7. The smallest absolute Gasteiger partial charge is 0.251 e. The highest BCUT2D eigenvalue weighted by atomic mass is 32.2. The van der Waals surface area contributed by atoms with E-state index in [2.05, 4.69) is 15.5 Å². The van der Waals surface area contributed by atoms with E-state index in [1.165, 1.54) is 29.5 Å². The molecule has 1 spiro atoms. The van der Waals surface area contributed by atoms with Crippen LogP contribution >= 0.6 is 23.1 Å². The van der Waals surface area contributed by atoms with Crippen LogP contribution in [0, 0.1) is 6.92 Å². The van der Waals surface area contributed by atoms with Crippen molar-refractivity contribution in [2.24, 2.45) is 0 Å². The van der Waals surface area contributed by atoms with Crippen molar-refractivity contribution in [1.82, 2.24) is 10.2 Å². The summed E-state index contributed by atoms with van der Waals surface area (Å²) >= 11 is 2.88. The lowest BCUT2D eigenvalue weighted by Gasteiger charge is -2.31. The van der Waals surface area contributed by atoms with Gasteiger partial charge in [0.2, 0.25) is 5.91 Å². The quantitative estimate of drug-likeness (QED) is 0.812. The molecule has 1 aliphatic heterocycles. The van der Waals surface area contributed by atoms with Crippen LogP contribution in [0.4, 0.5) is 5.69 Å². The number of nitrogens with zero attached hydrogens (tertiary/aromatic N) is 2. The van der Waals surface area contributed by atoms with E-state index in [1.807, 2.05) is 25.1 Å². The van der Waals surface area contributed by atoms with Crippen molar-refractivity contribution < 1.29 is 14.3 Å². The third-order valence-electron chi connectivity index (χ3n) is 4.27. The molecule has 2 aromatic rings. The van der Waals surface area contributed by atoms with E-state index in [-0.39, 0.29) is 5.91 Å². The van der Waals surface area contributed by atoms with Crippen LogP contribution in [0.25, 0.3) is 0 Å². The average molecular weight is 377 g/mol. The molecule has 132 valence electrons. The fraction of sp³-hybridized carbons (Fsp3) is 0.471. The molecule has 4 rings (SSSR count). The predicted octanol–water partition coefficient (Wildman–Crippen LogP) is 4.01. The minimum absolute atomic E-state index is 0.0795. The highest BCUT2D eigenvalue weighted by Gasteiger charge is 2.42. The first-order chi connectivity index (χ1) is 12.1. The molecule has 0 saturated heterocycles. The number of benzene rings is 1. The number of aryl methyl sites for hydroxylation is 1. The number of nitrogens with one attached hydrogen (secondary N) is 1. The van der Waals surface area contributed by atoms with Gasteiger partial charge < -0.3 is 14.8 Å². The molecule has 0 bridgehead atoms. The lowest BCUT2D eigenvalue weighted by atomic mass is 9.94. The molecule has 8 heteroatoms. The summed E-state index contributed by atoms with van der Waals surface area (Å²) in [6.07, 6.45) is 5.32. The Hall–Kier alpha value is -1.80. The molecule has 0 atom stereocenters. The van der Waals surface area contributed by atoms with Gasteiger partial charge in [-0.25, -0.2) is 0 Å². The summed E-state index contributed by atoms with van der Waals surface area (Å²) in [6, 6.07) is 5.56. The molecular formula is C17H19N3O3S2. The predicted molar refractivity (Wildman–Crippen MR) is 97.5 cm³/mol. The van der Waals surface area contributed by atoms with Crippen molar-refractivity contribution in [3.8, 4) is 11.5 Å². The molecular weight excluding hydrogens is 358 g/mol. The maximum atomic E-state index is 12.1. The Kier molecular flexibility index (Phi) is 4.56. The second-order valence-corrected chi connectivity index (χ2v) is 8.66. The number of anilines is 1. The first-order valence-corrected chi connectivity index (χ1v) is 10.2. The molecule has 1 aliphatic carbocycles. The van der Waals surface area contributed by atoms with Crippen molar-refractivity contribution in [1.29, 1.82) is 0 Å². The third-order valence-corrected chi connectivity index (χ3v) is 6.24. The highest BCUT2D eigenvalue weighted by molar-refractivity contribution is 8.01. The van der Waals surface area contributed by atoms with E-state index >= 15 is 0 Å². The fourth-order valence-corrected chi connectivity index (χ4v) is 4.74. The van der Waals surface area contributed by atoms with Gasteiger partial charge >= 0.3 is 0 Å². The summed E-state index contributed by atoms with van der Waals surface area (Å²) < 4.78 is 12.9. The first-order valence-electron chi connectivity index (χ1n) is 8.37. The summed E-state index contributed by atoms with van der Waals surface area (Å²) in [7, 11) is 0. The van der Waals surface area contributed by atoms with Crippen molar-refractivity contribution in [3.63, 3.8) is 0 Å². The van der Waals surface area contributed by atoms with Gasteiger partial charge in [0.1, 0.15) is 5.01 Å². The number of fused-ring (bicyclic) bond motifs is 1. The zero-order valence-electron chi connectivity index (χ0n) is 13.9. The molecule has 1 saturated carbocycles. The second-order valence-electron chi connectivity index (χ2n) is 6.26. The van der Waals surface area contributed by atoms with Crippen LogP contribution in [0.15, 0.2) is 22.5 Å². The highest BCUT2D eigenvalue weighted by Crippen LogP contribution is 2.46. The fourth-order valence-electron chi connectivity index (χ4n) is 3.13. The Morgan fingerprint density at radius 1 is 1.24 bits per heavy atom. The monoisotopic (exact) mass is 377 g/mol. The molecule has 1 amide bonds. The van der Waals surface area contributed by atoms with Gasteiger partial charge in [0.15, 0.2) is 15.8 Å². The molecule has 2 heterocycles. The maximum Gasteiger partial charge on any atom is 0.251 e.